The highest BCUT2D eigenvalue weighted by atomic mass is 35.5. The molecule has 2 aromatic carbocycles. The molecule has 0 aliphatic rings. The van der Waals surface area contributed by atoms with E-state index in [-0.39, 0.29) is 12.1 Å². The van der Waals surface area contributed by atoms with Crippen LogP contribution < -0.4 is 11.1 Å². The van der Waals surface area contributed by atoms with Crippen LogP contribution in [0.4, 0.5) is 5.95 Å². The maximum absolute atomic E-state index is 6.23. The normalized spacial score (nSPS) is 13.2. The van der Waals surface area contributed by atoms with E-state index in [0.717, 1.165) is 34.0 Å². The standard InChI is InChI=1S/C24H24ClN5/c1-15(11-17-5-3-6-18(12-17)16(2)26)29-24-28-14-20-13-19(8-9-22(20)30-24)21-7-4-10-27-23(21)25/h3-10,12-16H,11,26H2,1-2H3,(H,28,29,30). The van der Waals surface area contributed by atoms with Crippen LogP contribution in [-0.2, 0) is 6.42 Å². The van der Waals surface area contributed by atoms with Crippen LogP contribution in [0.3, 0.4) is 0 Å². The van der Waals surface area contributed by atoms with E-state index in [1.165, 1.54) is 5.56 Å². The highest BCUT2D eigenvalue weighted by molar-refractivity contribution is 6.32. The van der Waals surface area contributed by atoms with Gasteiger partial charge in [0.2, 0.25) is 5.95 Å². The van der Waals surface area contributed by atoms with Crippen LogP contribution >= 0.6 is 11.6 Å². The van der Waals surface area contributed by atoms with Gasteiger partial charge in [0, 0.05) is 35.4 Å². The van der Waals surface area contributed by atoms with E-state index in [4.69, 9.17) is 17.3 Å². The molecular formula is C24H24ClN5. The molecule has 4 aromatic rings. The monoisotopic (exact) mass is 417 g/mol. The van der Waals surface area contributed by atoms with Gasteiger partial charge < -0.3 is 11.1 Å². The lowest BCUT2D eigenvalue weighted by Crippen LogP contribution is -2.20. The van der Waals surface area contributed by atoms with E-state index in [0.29, 0.717) is 11.1 Å². The highest BCUT2D eigenvalue weighted by Crippen LogP contribution is 2.28. The summed E-state index contributed by atoms with van der Waals surface area (Å²) in [6.45, 7) is 4.12. The van der Waals surface area contributed by atoms with Crippen LogP contribution in [-0.4, -0.2) is 21.0 Å². The highest BCUT2D eigenvalue weighted by Gasteiger charge is 2.10. The first kappa shape index (κ1) is 20.3. The second-order valence-electron chi connectivity index (χ2n) is 7.59. The molecule has 0 radical (unpaired) electrons. The number of anilines is 1. The molecule has 2 heterocycles. The molecule has 0 bridgehead atoms. The predicted molar refractivity (Wildman–Crippen MR) is 124 cm³/mol. The predicted octanol–water partition coefficient (Wildman–Crippen LogP) is 5.41. The molecule has 2 unspecified atom stereocenters. The van der Waals surface area contributed by atoms with Gasteiger partial charge in [-0.3, -0.25) is 0 Å². The molecule has 5 nitrogen and oxygen atoms in total. The minimum atomic E-state index is 0.0310. The summed E-state index contributed by atoms with van der Waals surface area (Å²) in [6, 6.07) is 18.5. The average Bonchev–Trinajstić information content (AvgIpc) is 2.74. The van der Waals surface area contributed by atoms with Crippen molar-refractivity contribution in [3.63, 3.8) is 0 Å². The first-order valence-corrected chi connectivity index (χ1v) is 10.4. The van der Waals surface area contributed by atoms with E-state index in [1.54, 1.807) is 6.20 Å². The number of benzene rings is 2. The SMILES string of the molecule is CC(Cc1cccc(C(C)N)c1)Nc1ncc2cc(-c3cccnc3Cl)ccc2n1. The zero-order chi connectivity index (χ0) is 21.1. The Kier molecular flexibility index (Phi) is 5.93. The number of hydrogen-bond donors (Lipinski definition) is 2. The van der Waals surface area contributed by atoms with Gasteiger partial charge in [0.1, 0.15) is 5.15 Å². The van der Waals surface area contributed by atoms with Crippen LogP contribution in [0.2, 0.25) is 5.15 Å². The van der Waals surface area contributed by atoms with Gasteiger partial charge in [-0.2, -0.15) is 0 Å². The molecule has 2 atom stereocenters. The third kappa shape index (κ3) is 4.58. The number of rotatable bonds is 6. The van der Waals surface area contributed by atoms with Crippen LogP contribution in [0.1, 0.15) is 31.0 Å². The van der Waals surface area contributed by atoms with Gasteiger partial charge in [-0.05, 0) is 61.2 Å². The van der Waals surface area contributed by atoms with E-state index in [2.05, 4.69) is 51.5 Å². The molecule has 3 N–H and O–H groups in total. The third-order valence-electron chi connectivity index (χ3n) is 5.04. The molecule has 4 rings (SSSR count). The Hall–Kier alpha value is -3.02. The number of nitrogens with zero attached hydrogens (tertiary/aromatic N) is 3. The van der Waals surface area contributed by atoms with Crippen molar-refractivity contribution in [1.82, 2.24) is 15.0 Å². The van der Waals surface area contributed by atoms with Crippen LogP contribution in [0.15, 0.2) is 67.0 Å². The zero-order valence-corrected chi connectivity index (χ0v) is 17.8. The molecule has 0 saturated heterocycles. The molecule has 0 aliphatic carbocycles. The minimum Gasteiger partial charge on any atom is -0.351 e. The molecule has 0 amide bonds. The number of hydrogen-bond acceptors (Lipinski definition) is 5. The van der Waals surface area contributed by atoms with Crippen molar-refractivity contribution in [2.45, 2.75) is 32.4 Å². The van der Waals surface area contributed by atoms with Crippen molar-refractivity contribution in [1.29, 1.82) is 0 Å². The number of halogens is 1. The van der Waals surface area contributed by atoms with Gasteiger partial charge in [-0.15, -0.1) is 0 Å². The molecule has 6 heteroatoms. The Morgan fingerprint density at radius 3 is 2.70 bits per heavy atom. The smallest absolute Gasteiger partial charge is 0.223 e. The van der Waals surface area contributed by atoms with E-state index >= 15 is 0 Å². The summed E-state index contributed by atoms with van der Waals surface area (Å²) < 4.78 is 0. The summed E-state index contributed by atoms with van der Waals surface area (Å²) in [7, 11) is 0. The number of nitrogens with one attached hydrogen (secondary N) is 1. The second-order valence-corrected chi connectivity index (χ2v) is 7.95. The van der Waals surface area contributed by atoms with Crippen LogP contribution in [0.5, 0.6) is 0 Å². The van der Waals surface area contributed by atoms with E-state index in [9.17, 15) is 0 Å². The Morgan fingerprint density at radius 1 is 1.03 bits per heavy atom. The largest absolute Gasteiger partial charge is 0.351 e. The lowest BCUT2D eigenvalue weighted by Gasteiger charge is -2.15. The Balaban J connectivity index is 1.50. The zero-order valence-electron chi connectivity index (χ0n) is 17.0. The van der Waals surface area contributed by atoms with Crippen molar-refractivity contribution >= 4 is 28.5 Å². The van der Waals surface area contributed by atoms with Crippen LogP contribution in [0.25, 0.3) is 22.0 Å². The van der Waals surface area contributed by atoms with Gasteiger partial charge in [0.25, 0.3) is 0 Å². The molecule has 0 saturated carbocycles. The number of pyridine rings is 1. The maximum Gasteiger partial charge on any atom is 0.223 e. The first-order valence-electron chi connectivity index (χ1n) is 9.98. The molecule has 152 valence electrons. The Morgan fingerprint density at radius 2 is 1.90 bits per heavy atom. The van der Waals surface area contributed by atoms with Gasteiger partial charge in [0.15, 0.2) is 0 Å². The summed E-state index contributed by atoms with van der Waals surface area (Å²) in [4.78, 5) is 13.3. The number of fused-ring (bicyclic) bond motifs is 1. The second kappa shape index (κ2) is 8.78. The summed E-state index contributed by atoms with van der Waals surface area (Å²) >= 11 is 6.23. The fraction of sp³-hybridized carbons (Fsp3) is 0.208. The lowest BCUT2D eigenvalue weighted by atomic mass is 10.0. The summed E-state index contributed by atoms with van der Waals surface area (Å²) in [5, 5.41) is 4.84. The van der Waals surface area contributed by atoms with Crippen molar-refractivity contribution < 1.29 is 0 Å². The van der Waals surface area contributed by atoms with Crippen LogP contribution in [0, 0.1) is 0 Å². The molecule has 2 aromatic heterocycles. The third-order valence-corrected chi connectivity index (χ3v) is 5.35. The summed E-state index contributed by atoms with van der Waals surface area (Å²) in [5.74, 6) is 0.616. The number of nitrogens with two attached hydrogens (primary N) is 1. The molecule has 0 aliphatic heterocycles. The maximum atomic E-state index is 6.23. The molecule has 0 fully saturated rings. The van der Waals surface area contributed by atoms with Crippen molar-refractivity contribution in [3.8, 4) is 11.1 Å². The Labute approximate surface area is 181 Å². The summed E-state index contributed by atoms with van der Waals surface area (Å²) in [5.41, 5.74) is 11.1. The first-order chi connectivity index (χ1) is 14.5. The number of aromatic nitrogens is 3. The van der Waals surface area contributed by atoms with E-state index < -0.39 is 0 Å². The van der Waals surface area contributed by atoms with Gasteiger partial charge in [-0.1, -0.05) is 41.9 Å². The molecular weight excluding hydrogens is 394 g/mol. The minimum absolute atomic E-state index is 0.0310. The molecule has 30 heavy (non-hydrogen) atoms. The van der Waals surface area contributed by atoms with E-state index in [1.807, 2.05) is 43.5 Å². The summed E-state index contributed by atoms with van der Waals surface area (Å²) in [6.07, 6.45) is 4.38. The van der Waals surface area contributed by atoms with Gasteiger partial charge >= 0.3 is 0 Å². The van der Waals surface area contributed by atoms with Gasteiger partial charge in [-0.25, -0.2) is 15.0 Å². The van der Waals surface area contributed by atoms with Crippen molar-refractivity contribution in [2.24, 2.45) is 5.73 Å². The fourth-order valence-electron chi connectivity index (χ4n) is 3.50. The topological polar surface area (TPSA) is 76.7 Å². The average molecular weight is 418 g/mol. The van der Waals surface area contributed by atoms with Gasteiger partial charge in [0.05, 0.1) is 5.52 Å². The van der Waals surface area contributed by atoms with Crippen molar-refractivity contribution in [2.75, 3.05) is 5.32 Å². The quantitative estimate of drug-likeness (QED) is 0.410. The lowest BCUT2D eigenvalue weighted by molar-refractivity contribution is 0.769. The Bertz CT molecular complexity index is 1180. The van der Waals surface area contributed by atoms with Crippen molar-refractivity contribution in [3.05, 3.63) is 83.3 Å². The molecule has 0 spiro atoms. The fourth-order valence-corrected chi connectivity index (χ4v) is 3.73.